The maximum atomic E-state index is 13.7. The van der Waals surface area contributed by atoms with Gasteiger partial charge in [-0.25, -0.2) is 4.98 Å². The molecule has 1 aromatic heterocycles. The van der Waals surface area contributed by atoms with E-state index in [2.05, 4.69) is 43.9 Å². The molecule has 3 rings (SSSR count). The second-order valence-electron chi connectivity index (χ2n) is 12.2. The first kappa shape index (κ1) is 32.1. The molecule has 1 aliphatic rings. The second-order valence-corrected chi connectivity index (χ2v) is 13.4. The number of likely N-dealkylation sites (N-methyl/N-ethyl adjacent to an activating group) is 1. The Morgan fingerprint density at radius 2 is 1.88 bits per heavy atom. The van der Waals surface area contributed by atoms with Crippen molar-refractivity contribution in [2.75, 3.05) is 20.6 Å². The van der Waals surface area contributed by atoms with Crippen molar-refractivity contribution in [1.82, 2.24) is 15.2 Å². The molecule has 2 aromatic rings. The number of hydrogen-bond acceptors (Lipinski definition) is 6. The van der Waals surface area contributed by atoms with Gasteiger partial charge in [0.15, 0.2) is 5.78 Å². The molecule has 0 bridgehead atoms. The van der Waals surface area contributed by atoms with E-state index in [1.807, 2.05) is 25.9 Å². The fraction of sp³-hybridized carbons (Fsp3) is 0.636. The van der Waals surface area contributed by atoms with E-state index in [1.54, 1.807) is 11.3 Å². The lowest BCUT2D eigenvalue weighted by Crippen LogP contribution is -2.41. The van der Waals surface area contributed by atoms with Crippen LogP contribution < -0.4 is 5.32 Å². The number of nitrogens with zero attached hydrogens (tertiary/aromatic N) is 2. The van der Waals surface area contributed by atoms with Crippen LogP contribution >= 0.6 is 11.3 Å². The highest BCUT2D eigenvalue weighted by molar-refractivity contribution is 7.18. The fourth-order valence-electron chi connectivity index (χ4n) is 5.67. The monoisotopic (exact) mass is 567 g/mol. The summed E-state index contributed by atoms with van der Waals surface area (Å²) in [5.74, 6) is 0.583. The SMILES string of the molecule is C=C(CN(C)C)C(=O)CC[C@H](CC1CCCCC1)NC(=O)[C@@H](CC(=O)CC)Cc1nc2ccc(C(C)C)cc2s1. The molecule has 0 unspecified atom stereocenters. The summed E-state index contributed by atoms with van der Waals surface area (Å²) < 4.78 is 1.12. The minimum atomic E-state index is -0.467. The molecule has 1 amide bonds. The molecule has 0 radical (unpaired) electrons. The Bertz CT molecular complexity index is 1160. The molecule has 1 aliphatic carbocycles. The number of nitrogens with one attached hydrogen (secondary N) is 1. The van der Waals surface area contributed by atoms with Crippen molar-refractivity contribution in [3.8, 4) is 0 Å². The number of thiazole rings is 1. The number of fused-ring (bicyclic) bond motifs is 1. The van der Waals surface area contributed by atoms with Crippen LogP contribution in [0.2, 0.25) is 0 Å². The molecular weight excluding hydrogens is 518 g/mol. The smallest absolute Gasteiger partial charge is 0.224 e. The minimum absolute atomic E-state index is 0.0598. The lowest BCUT2D eigenvalue weighted by molar-refractivity contribution is -0.130. The van der Waals surface area contributed by atoms with Crippen LogP contribution in [-0.2, 0) is 20.8 Å². The molecule has 1 saturated carbocycles. The van der Waals surface area contributed by atoms with E-state index in [1.165, 1.54) is 37.7 Å². The van der Waals surface area contributed by atoms with Crippen molar-refractivity contribution in [2.24, 2.45) is 11.8 Å². The first-order valence-electron chi connectivity index (χ1n) is 15.1. The number of Topliss-reactive ketones (excluding diaryl/α,β-unsaturated/α-hetero) is 2. The van der Waals surface area contributed by atoms with Gasteiger partial charge in [0.25, 0.3) is 0 Å². The Labute approximate surface area is 245 Å². The minimum Gasteiger partial charge on any atom is -0.353 e. The highest BCUT2D eigenvalue weighted by Gasteiger charge is 2.28. The lowest BCUT2D eigenvalue weighted by Gasteiger charge is -2.28. The summed E-state index contributed by atoms with van der Waals surface area (Å²) in [4.78, 5) is 45.8. The molecule has 6 nitrogen and oxygen atoms in total. The van der Waals surface area contributed by atoms with Crippen LogP contribution in [0.1, 0.15) is 101 Å². The predicted octanol–water partition coefficient (Wildman–Crippen LogP) is 6.87. The number of carbonyl (C=O) groups excluding carboxylic acids is 3. The van der Waals surface area contributed by atoms with Crippen molar-refractivity contribution >= 4 is 39.0 Å². The van der Waals surface area contributed by atoms with E-state index < -0.39 is 5.92 Å². The van der Waals surface area contributed by atoms with Crippen LogP contribution in [0, 0.1) is 11.8 Å². The highest BCUT2D eigenvalue weighted by atomic mass is 32.1. The largest absolute Gasteiger partial charge is 0.353 e. The maximum Gasteiger partial charge on any atom is 0.224 e. The van der Waals surface area contributed by atoms with Gasteiger partial charge in [0, 0.05) is 43.8 Å². The van der Waals surface area contributed by atoms with E-state index in [9.17, 15) is 14.4 Å². The average Bonchev–Trinajstić information content (AvgIpc) is 3.32. The average molecular weight is 568 g/mol. The summed E-state index contributed by atoms with van der Waals surface area (Å²) >= 11 is 1.62. The van der Waals surface area contributed by atoms with Crippen molar-refractivity contribution < 1.29 is 14.4 Å². The van der Waals surface area contributed by atoms with Crippen molar-refractivity contribution in [3.63, 3.8) is 0 Å². The van der Waals surface area contributed by atoms with Gasteiger partial charge in [-0.15, -0.1) is 11.3 Å². The quantitative estimate of drug-likeness (QED) is 0.224. The second kappa shape index (κ2) is 15.6. The molecule has 220 valence electrons. The number of rotatable bonds is 16. The third-order valence-corrected chi connectivity index (χ3v) is 9.13. The first-order chi connectivity index (χ1) is 19.0. The molecule has 40 heavy (non-hydrogen) atoms. The Hall–Kier alpha value is -2.38. The predicted molar refractivity (Wildman–Crippen MR) is 166 cm³/mol. The zero-order valence-electron chi connectivity index (χ0n) is 25.3. The molecule has 2 atom stereocenters. The van der Waals surface area contributed by atoms with Gasteiger partial charge in [-0.2, -0.15) is 0 Å². The molecule has 1 N–H and O–H groups in total. The van der Waals surface area contributed by atoms with Crippen molar-refractivity contribution in [3.05, 3.63) is 40.9 Å². The Morgan fingerprint density at radius 3 is 2.52 bits per heavy atom. The summed E-state index contributed by atoms with van der Waals surface area (Å²) in [5.41, 5.74) is 2.82. The first-order valence-corrected chi connectivity index (χ1v) is 15.9. The normalized spacial score (nSPS) is 15.9. The Kier molecular flexibility index (Phi) is 12.5. The molecule has 1 heterocycles. The molecule has 0 aliphatic heterocycles. The van der Waals surface area contributed by atoms with Crippen LogP contribution in [0.15, 0.2) is 30.4 Å². The topological polar surface area (TPSA) is 79.4 Å². The van der Waals surface area contributed by atoms with Crippen LogP contribution in [0.5, 0.6) is 0 Å². The third kappa shape index (κ3) is 9.91. The van der Waals surface area contributed by atoms with Gasteiger partial charge in [0.2, 0.25) is 5.91 Å². The highest BCUT2D eigenvalue weighted by Crippen LogP contribution is 2.30. The number of aromatic nitrogens is 1. The van der Waals surface area contributed by atoms with Crippen molar-refractivity contribution in [2.45, 2.75) is 103 Å². The van der Waals surface area contributed by atoms with E-state index >= 15 is 0 Å². The fourth-order valence-corrected chi connectivity index (χ4v) is 6.76. The van der Waals surface area contributed by atoms with E-state index in [-0.39, 0.29) is 29.9 Å². The van der Waals surface area contributed by atoms with Crippen LogP contribution in [0.25, 0.3) is 10.2 Å². The van der Waals surface area contributed by atoms with Crippen LogP contribution in [0.3, 0.4) is 0 Å². The van der Waals surface area contributed by atoms with Gasteiger partial charge in [0.1, 0.15) is 5.78 Å². The summed E-state index contributed by atoms with van der Waals surface area (Å²) in [6.07, 6.45) is 9.01. The number of amides is 1. The summed E-state index contributed by atoms with van der Waals surface area (Å²) in [5, 5.41) is 4.19. The summed E-state index contributed by atoms with van der Waals surface area (Å²) in [7, 11) is 3.86. The van der Waals surface area contributed by atoms with E-state index in [4.69, 9.17) is 4.98 Å². The number of ketones is 2. The summed E-state index contributed by atoms with van der Waals surface area (Å²) in [6, 6.07) is 6.27. The van der Waals surface area contributed by atoms with Gasteiger partial charge >= 0.3 is 0 Å². The summed E-state index contributed by atoms with van der Waals surface area (Å²) in [6.45, 7) is 10.7. The zero-order chi connectivity index (χ0) is 29.2. The number of benzene rings is 1. The molecule has 1 aromatic carbocycles. The van der Waals surface area contributed by atoms with Gasteiger partial charge in [-0.05, 0) is 56.5 Å². The van der Waals surface area contributed by atoms with Gasteiger partial charge in [-0.1, -0.05) is 65.5 Å². The number of carbonyl (C=O) groups is 3. The van der Waals surface area contributed by atoms with Crippen LogP contribution in [-0.4, -0.2) is 54.0 Å². The number of hydrogen-bond donors (Lipinski definition) is 1. The zero-order valence-corrected chi connectivity index (χ0v) is 26.1. The van der Waals surface area contributed by atoms with E-state index in [0.717, 1.165) is 21.6 Å². The molecule has 0 saturated heterocycles. The van der Waals surface area contributed by atoms with Crippen molar-refractivity contribution in [1.29, 1.82) is 0 Å². The molecule has 1 fully saturated rings. The molecular formula is C33H49N3O3S. The Balaban J connectivity index is 1.74. The lowest BCUT2D eigenvalue weighted by atomic mass is 9.83. The Morgan fingerprint density at radius 1 is 1.15 bits per heavy atom. The van der Waals surface area contributed by atoms with Gasteiger partial charge in [0.05, 0.1) is 21.1 Å². The van der Waals surface area contributed by atoms with Gasteiger partial charge < -0.3 is 10.2 Å². The molecule has 7 heteroatoms. The van der Waals surface area contributed by atoms with E-state index in [0.29, 0.717) is 49.6 Å². The maximum absolute atomic E-state index is 13.7. The standard InChI is InChI=1S/C33H49N3O3S/c1-7-28(37)18-26(20-32-35-29-15-13-25(22(2)3)19-31(29)40-32)33(39)34-27(17-24-11-9-8-10-12-24)14-16-30(38)23(4)21-36(5)6/h13,15,19,22,24,26-27H,4,7-12,14,16-18,20-21H2,1-3,5-6H3,(H,34,39)/t26-,27+/m0/s1. The molecule has 0 spiro atoms. The van der Waals surface area contributed by atoms with Gasteiger partial charge in [-0.3, -0.25) is 14.4 Å². The van der Waals surface area contributed by atoms with Crippen LogP contribution in [0.4, 0.5) is 0 Å². The third-order valence-electron chi connectivity index (χ3n) is 8.09.